The smallest absolute Gasteiger partial charge is 0.222 e. The molecule has 0 spiro atoms. The van der Waals surface area contributed by atoms with Crippen LogP contribution in [-0.2, 0) is 17.8 Å². The molecule has 0 saturated carbocycles. The van der Waals surface area contributed by atoms with Gasteiger partial charge in [-0.1, -0.05) is 37.3 Å². The second-order valence-corrected chi connectivity index (χ2v) is 5.97. The summed E-state index contributed by atoms with van der Waals surface area (Å²) in [6.07, 6.45) is 1.35. The first kappa shape index (κ1) is 17.7. The maximum absolute atomic E-state index is 11.9. The van der Waals surface area contributed by atoms with Crippen LogP contribution >= 0.6 is 23.7 Å². The number of benzene rings is 1. The van der Waals surface area contributed by atoms with Crippen LogP contribution in [0.1, 0.15) is 34.7 Å². The Morgan fingerprint density at radius 2 is 1.86 bits per heavy atom. The highest BCUT2D eigenvalue weighted by molar-refractivity contribution is 7.11. The number of hydrogen-bond donors (Lipinski definition) is 2. The summed E-state index contributed by atoms with van der Waals surface area (Å²) >= 11 is 1.74. The second-order valence-electron chi connectivity index (χ2n) is 4.72. The molecule has 2 rings (SSSR count). The van der Waals surface area contributed by atoms with Crippen LogP contribution in [0.4, 0.5) is 0 Å². The average molecular weight is 325 g/mol. The Hall–Kier alpha value is -1.36. The lowest BCUT2D eigenvalue weighted by molar-refractivity contribution is -0.121. The molecule has 1 heterocycles. The van der Waals surface area contributed by atoms with E-state index in [4.69, 9.17) is 5.73 Å². The molecular formula is C16H21ClN2OS. The molecular weight excluding hydrogens is 304 g/mol. The van der Waals surface area contributed by atoms with Gasteiger partial charge in [0.05, 0.1) is 6.54 Å². The van der Waals surface area contributed by atoms with Crippen LogP contribution in [0.5, 0.6) is 0 Å². The Bertz CT molecular complexity index is 556. The van der Waals surface area contributed by atoms with E-state index in [0.717, 1.165) is 12.0 Å². The Kier molecular flexibility index (Phi) is 7.43. The van der Waals surface area contributed by atoms with Crippen molar-refractivity contribution in [3.05, 3.63) is 57.8 Å². The van der Waals surface area contributed by atoms with Crippen molar-refractivity contribution >= 4 is 29.7 Å². The van der Waals surface area contributed by atoms with Gasteiger partial charge in [0.1, 0.15) is 0 Å². The summed E-state index contributed by atoms with van der Waals surface area (Å²) in [6.45, 7) is 2.72. The van der Waals surface area contributed by atoms with Crippen molar-refractivity contribution in [3.8, 4) is 0 Å². The highest BCUT2D eigenvalue weighted by atomic mass is 35.5. The van der Waals surface area contributed by atoms with Crippen molar-refractivity contribution in [1.29, 1.82) is 0 Å². The van der Waals surface area contributed by atoms with E-state index < -0.39 is 0 Å². The number of hydrogen-bond acceptors (Lipinski definition) is 3. The molecule has 3 N–H and O–H groups in total. The zero-order valence-electron chi connectivity index (χ0n) is 12.0. The van der Waals surface area contributed by atoms with E-state index in [1.54, 1.807) is 11.3 Å². The minimum Gasteiger partial charge on any atom is -0.351 e. The number of nitrogens with one attached hydrogen (secondary N) is 1. The number of carbonyl (C=O) groups is 1. The molecule has 114 valence electrons. The standard InChI is InChI=1S/C16H20N2OS.ClH/c1-2-13-8-9-14(20-13)11-18-16(19)10-15(17)12-6-4-3-5-7-12;/h3-9,15H,2,10-11,17H2,1H3,(H,18,19);1H. The van der Waals surface area contributed by atoms with Gasteiger partial charge in [-0.3, -0.25) is 4.79 Å². The van der Waals surface area contributed by atoms with E-state index >= 15 is 0 Å². The quantitative estimate of drug-likeness (QED) is 0.855. The van der Waals surface area contributed by atoms with Crippen molar-refractivity contribution in [2.45, 2.75) is 32.4 Å². The first-order chi connectivity index (χ1) is 9.69. The van der Waals surface area contributed by atoms with Crippen LogP contribution in [0, 0.1) is 0 Å². The van der Waals surface area contributed by atoms with Crippen molar-refractivity contribution in [3.63, 3.8) is 0 Å². The van der Waals surface area contributed by atoms with Crippen LogP contribution < -0.4 is 11.1 Å². The maximum atomic E-state index is 11.9. The molecule has 0 aliphatic carbocycles. The fourth-order valence-corrected chi connectivity index (χ4v) is 2.88. The lowest BCUT2D eigenvalue weighted by Gasteiger charge is -2.11. The van der Waals surface area contributed by atoms with Gasteiger partial charge < -0.3 is 11.1 Å². The summed E-state index contributed by atoms with van der Waals surface area (Å²) in [5, 5.41) is 2.93. The molecule has 0 bridgehead atoms. The summed E-state index contributed by atoms with van der Waals surface area (Å²) in [6, 6.07) is 13.7. The Morgan fingerprint density at radius 1 is 1.19 bits per heavy atom. The van der Waals surface area contributed by atoms with Crippen LogP contribution in [0.15, 0.2) is 42.5 Å². The van der Waals surface area contributed by atoms with Gasteiger partial charge in [0.25, 0.3) is 0 Å². The SMILES string of the molecule is CCc1ccc(CNC(=O)CC(N)c2ccccc2)s1.Cl. The molecule has 2 aromatic rings. The van der Waals surface area contributed by atoms with Gasteiger partial charge in [-0.15, -0.1) is 23.7 Å². The van der Waals surface area contributed by atoms with Crippen molar-refractivity contribution in [2.24, 2.45) is 5.73 Å². The van der Waals surface area contributed by atoms with Crippen LogP contribution in [0.25, 0.3) is 0 Å². The molecule has 0 saturated heterocycles. The Morgan fingerprint density at radius 3 is 2.48 bits per heavy atom. The molecule has 1 aromatic carbocycles. The van der Waals surface area contributed by atoms with Gasteiger partial charge in [-0.05, 0) is 24.1 Å². The molecule has 0 aliphatic rings. The van der Waals surface area contributed by atoms with Gasteiger partial charge in [-0.2, -0.15) is 0 Å². The zero-order valence-corrected chi connectivity index (χ0v) is 13.7. The monoisotopic (exact) mass is 324 g/mol. The topological polar surface area (TPSA) is 55.1 Å². The molecule has 0 radical (unpaired) electrons. The second kappa shape index (κ2) is 8.82. The van der Waals surface area contributed by atoms with Gasteiger partial charge in [0, 0.05) is 22.2 Å². The average Bonchev–Trinajstić information content (AvgIpc) is 2.94. The molecule has 1 unspecified atom stereocenters. The van der Waals surface area contributed by atoms with Crippen molar-refractivity contribution < 1.29 is 4.79 Å². The highest BCUT2D eigenvalue weighted by Gasteiger charge is 2.11. The maximum Gasteiger partial charge on any atom is 0.222 e. The third kappa shape index (κ3) is 5.50. The summed E-state index contributed by atoms with van der Waals surface area (Å²) in [5.41, 5.74) is 7.02. The third-order valence-corrected chi connectivity index (χ3v) is 4.39. The fourth-order valence-electron chi connectivity index (χ4n) is 1.98. The summed E-state index contributed by atoms with van der Waals surface area (Å²) in [4.78, 5) is 14.4. The first-order valence-electron chi connectivity index (χ1n) is 6.84. The fraction of sp³-hybridized carbons (Fsp3) is 0.312. The van der Waals surface area contributed by atoms with E-state index in [-0.39, 0.29) is 24.4 Å². The number of carbonyl (C=O) groups excluding carboxylic acids is 1. The molecule has 1 atom stereocenters. The molecule has 5 heteroatoms. The van der Waals surface area contributed by atoms with E-state index in [1.165, 1.54) is 9.75 Å². The highest BCUT2D eigenvalue weighted by Crippen LogP contribution is 2.17. The minimum absolute atomic E-state index is 0. The summed E-state index contributed by atoms with van der Waals surface area (Å²) < 4.78 is 0. The molecule has 3 nitrogen and oxygen atoms in total. The Labute approximate surface area is 136 Å². The van der Waals surface area contributed by atoms with Gasteiger partial charge >= 0.3 is 0 Å². The van der Waals surface area contributed by atoms with Crippen molar-refractivity contribution in [2.75, 3.05) is 0 Å². The van der Waals surface area contributed by atoms with Crippen LogP contribution in [0.2, 0.25) is 0 Å². The number of rotatable bonds is 6. The summed E-state index contributed by atoms with van der Waals surface area (Å²) in [5.74, 6) is -0.00667. The normalized spacial score (nSPS) is 11.5. The third-order valence-electron chi connectivity index (χ3n) is 3.16. The number of halogens is 1. The molecule has 21 heavy (non-hydrogen) atoms. The van der Waals surface area contributed by atoms with Crippen LogP contribution in [-0.4, -0.2) is 5.91 Å². The number of aryl methyl sites for hydroxylation is 1. The predicted molar refractivity (Wildman–Crippen MR) is 90.8 cm³/mol. The molecule has 0 fully saturated rings. The number of amides is 1. The molecule has 1 aromatic heterocycles. The van der Waals surface area contributed by atoms with Crippen LogP contribution in [0.3, 0.4) is 0 Å². The molecule has 0 aliphatic heterocycles. The molecule has 1 amide bonds. The van der Waals surface area contributed by atoms with E-state index in [2.05, 4.69) is 24.4 Å². The lowest BCUT2D eigenvalue weighted by atomic mass is 10.0. The van der Waals surface area contributed by atoms with E-state index in [1.807, 2.05) is 30.3 Å². The largest absolute Gasteiger partial charge is 0.351 e. The van der Waals surface area contributed by atoms with E-state index in [9.17, 15) is 4.79 Å². The zero-order chi connectivity index (χ0) is 14.4. The van der Waals surface area contributed by atoms with Gasteiger partial charge in [0.2, 0.25) is 5.91 Å². The predicted octanol–water partition coefficient (Wildman–Crippen LogP) is 3.44. The van der Waals surface area contributed by atoms with Gasteiger partial charge in [-0.25, -0.2) is 0 Å². The van der Waals surface area contributed by atoms with Gasteiger partial charge in [0.15, 0.2) is 0 Å². The number of thiophene rings is 1. The minimum atomic E-state index is -0.245. The summed E-state index contributed by atoms with van der Waals surface area (Å²) in [7, 11) is 0. The van der Waals surface area contributed by atoms with E-state index in [0.29, 0.717) is 13.0 Å². The van der Waals surface area contributed by atoms with Crippen molar-refractivity contribution in [1.82, 2.24) is 5.32 Å². The first-order valence-corrected chi connectivity index (χ1v) is 7.65. The Balaban J connectivity index is 0.00000220. The lowest BCUT2D eigenvalue weighted by Crippen LogP contribution is -2.26. The number of nitrogens with two attached hydrogens (primary N) is 1.